The normalized spacial score (nSPS) is 10.3. The van der Waals surface area contributed by atoms with E-state index in [1.807, 2.05) is 30.3 Å². The molecular weight excluding hydrogens is 294 g/mol. The van der Waals surface area contributed by atoms with Crippen molar-refractivity contribution in [2.75, 3.05) is 12.8 Å². The quantitative estimate of drug-likeness (QED) is 0.527. The maximum Gasteiger partial charge on any atom is 0.338 e. The van der Waals surface area contributed by atoms with Crippen molar-refractivity contribution in [3.05, 3.63) is 58.6 Å². The zero-order valence-corrected chi connectivity index (χ0v) is 12.5. The molecule has 0 amide bonds. The molecule has 0 radical (unpaired) electrons. The zero-order valence-electron chi connectivity index (χ0n) is 10.9. The van der Waals surface area contributed by atoms with Gasteiger partial charge in [-0.15, -0.1) is 11.8 Å². The van der Waals surface area contributed by atoms with Crippen LogP contribution in [-0.4, -0.2) is 13.1 Å². The van der Waals surface area contributed by atoms with E-state index in [4.69, 9.17) is 22.1 Å². The average Bonchev–Trinajstić information content (AvgIpc) is 2.48. The summed E-state index contributed by atoms with van der Waals surface area (Å²) in [5.41, 5.74) is 7.75. The Morgan fingerprint density at radius 1 is 1.30 bits per heavy atom. The third-order valence-electron chi connectivity index (χ3n) is 2.79. The summed E-state index contributed by atoms with van der Waals surface area (Å²) in [5, 5.41) is 0.538. The lowest BCUT2D eigenvalue weighted by atomic mass is 10.1. The van der Waals surface area contributed by atoms with Gasteiger partial charge < -0.3 is 10.5 Å². The zero-order chi connectivity index (χ0) is 14.5. The second kappa shape index (κ2) is 6.68. The molecule has 2 rings (SSSR count). The first-order valence-electron chi connectivity index (χ1n) is 5.96. The molecule has 0 unspecified atom stereocenters. The fourth-order valence-corrected chi connectivity index (χ4v) is 2.90. The summed E-state index contributed by atoms with van der Waals surface area (Å²) in [6.07, 6.45) is 0. The Labute approximate surface area is 127 Å². The number of carbonyl (C=O) groups is 1. The van der Waals surface area contributed by atoms with Crippen LogP contribution in [0.25, 0.3) is 0 Å². The average molecular weight is 308 g/mol. The second-order valence-electron chi connectivity index (χ2n) is 4.12. The van der Waals surface area contributed by atoms with Gasteiger partial charge in [0, 0.05) is 10.6 Å². The van der Waals surface area contributed by atoms with Crippen LogP contribution in [0, 0.1) is 0 Å². The number of carbonyl (C=O) groups excluding carboxylic acids is 1. The van der Waals surface area contributed by atoms with E-state index in [-0.39, 0.29) is 5.97 Å². The minimum atomic E-state index is -0.323. The fourth-order valence-electron chi connectivity index (χ4n) is 1.71. The van der Waals surface area contributed by atoms with Crippen LogP contribution in [0.5, 0.6) is 0 Å². The van der Waals surface area contributed by atoms with Crippen LogP contribution in [0.15, 0.2) is 47.4 Å². The summed E-state index contributed by atoms with van der Waals surface area (Å²) < 4.78 is 4.78. The van der Waals surface area contributed by atoms with Crippen molar-refractivity contribution in [1.29, 1.82) is 0 Å². The first-order chi connectivity index (χ1) is 9.61. The summed E-state index contributed by atoms with van der Waals surface area (Å²) in [6.45, 7) is 0. The fraction of sp³-hybridized carbons (Fsp3) is 0.133. The molecule has 5 heteroatoms. The number of halogens is 1. The first kappa shape index (κ1) is 14.8. The number of ether oxygens (including phenoxy) is 1. The molecule has 0 fully saturated rings. The minimum Gasteiger partial charge on any atom is -0.465 e. The minimum absolute atomic E-state index is 0.323. The standard InChI is InChI=1S/C15H14ClNO2S/c1-19-15(18)12-5-3-2-4-10(12)9-20-11-6-7-14(17)13(16)8-11/h2-8H,9,17H2,1H3. The second-order valence-corrected chi connectivity index (χ2v) is 5.58. The number of benzene rings is 2. The van der Waals surface area contributed by atoms with Crippen LogP contribution in [0.2, 0.25) is 5.02 Å². The molecule has 0 aliphatic rings. The first-order valence-corrected chi connectivity index (χ1v) is 7.32. The smallest absolute Gasteiger partial charge is 0.338 e. The predicted octanol–water partition coefficient (Wildman–Crippen LogP) is 4.00. The summed E-state index contributed by atoms with van der Waals surface area (Å²) in [4.78, 5) is 12.7. The highest BCUT2D eigenvalue weighted by Crippen LogP contribution is 2.29. The maximum absolute atomic E-state index is 11.7. The van der Waals surface area contributed by atoms with Gasteiger partial charge in [-0.2, -0.15) is 0 Å². The van der Waals surface area contributed by atoms with Gasteiger partial charge in [0.25, 0.3) is 0 Å². The molecule has 20 heavy (non-hydrogen) atoms. The van der Waals surface area contributed by atoms with E-state index in [0.717, 1.165) is 10.5 Å². The van der Waals surface area contributed by atoms with E-state index in [1.165, 1.54) is 7.11 Å². The summed E-state index contributed by atoms with van der Waals surface area (Å²) in [5.74, 6) is 0.336. The number of anilines is 1. The summed E-state index contributed by atoms with van der Waals surface area (Å²) in [7, 11) is 1.38. The highest BCUT2D eigenvalue weighted by Gasteiger charge is 2.11. The number of esters is 1. The summed E-state index contributed by atoms with van der Waals surface area (Å²) >= 11 is 7.58. The Hall–Kier alpha value is -1.65. The number of thioether (sulfide) groups is 1. The summed E-state index contributed by atoms with van der Waals surface area (Å²) in [6, 6.07) is 12.9. The molecule has 0 heterocycles. The van der Waals surface area contributed by atoms with Gasteiger partial charge in [0.05, 0.1) is 23.4 Å². The molecule has 2 aromatic rings. The Kier molecular flexibility index (Phi) is 4.93. The molecular formula is C15H14ClNO2S. The van der Waals surface area contributed by atoms with Crippen LogP contribution in [0.3, 0.4) is 0 Å². The maximum atomic E-state index is 11.7. The van der Waals surface area contributed by atoms with Crippen LogP contribution < -0.4 is 5.73 Å². The molecule has 0 spiro atoms. The number of hydrogen-bond donors (Lipinski definition) is 1. The molecule has 0 atom stereocenters. The highest BCUT2D eigenvalue weighted by atomic mass is 35.5. The van der Waals surface area contributed by atoms with E-state index in [2.05, 4.69) is 0 Å². The Balaban J connectivity index is 2.14. The van der Waals surface area contributed by atoms with E-state index in [9.17, 15) is 4.79 Å². The van der Waals surface area contributed by atoms with Crippen molar-refractivity contribution < 1.29 is 9.53 Å². The molecule has 104 valence electrons. The molecule has 0 aliphatic carbocycles. The monoisotopic (exact) mass is 307 g/mol. The van der Waals surface area contributed by atoms with Crippen molar-refractivity contribution in [3.8, 4) is 0 Å². The third kappa shape index (κ3) is 3.46. The van der Waals surface area contributed by atoms with Gasteiger partial charge in [-0.1, -0.05) is 29.8 Å². The molecule has 0 bridgehead atoms. The van der Waals surface area contributed by atoms with Gasteiger partial charge in [0.15, 0.2) is 0 Å². The van der Waals surface area contributed by atoms with Gasteiger partial charge in [-0.25, -0.2) is 4.79 Å². The Morgan fingerprint density at radius 2 is 2.05 bits per heavy atom. The highest BCUT2D eigenvalue weighted by molar-refractivity contribution is 7.98. The number of hydrogen-bond acceptors (Lipinski definition) is 4. The van der Waals surface area contributed by atoms with Crippen LogP contribution in [0.4, 0.5) is 5.69 Å². The lowest BCUT2D eigenvalue weighted by molar-refractivity contribution is 0.0600. The molecule has 2 aromatic carbocycles. The van der Waals surface area contributed by atoms with Crippen LogP contribution in [-0.2, 0) is 10.5 Å². The molecule has 2 N–H and O–H groups in total. The third-order valence-corrected chi connectivity index (χ3v) is 4.16. The van der Waals surface area contributed by atoms with Crippen molar-refractivity contribution >= 4 is 35.0 Å². The van der Waals surface area contributed by atoms with Gasteiger partial charge in [0.1, 0.15) is 0 Å². The number of nitrogen functional groups attached to an aromatic ring is 1. The van der Waals surface area contributed by atoms with Crippen molar-refractivity contribution in [2.24, 2.45) is 0 Å². The molecule has 0 saturated heterocycles. The molecule has 3 nitrogen and oxygen atoms in total. The van der Waals surface area contributed by atoms with Crippen LogP contribution in [0.1, 0.15) is 15.9 Å². The van der Waals surface area contributed by atoms with Gasteiger partial charge >= 0.3 is 5.97 Å². The Morgan fingerprint density at radius 3 is 2.75 bits per heavy atom. The molecule has 0 aromatic heterocycles. The molecule has 0 aliphatic heterocycles. The van der Waals surface area contributed by atoms with E-state index in [0.29, 0.717) is 22.0 Å². The van der Waals surface area contributed by atoms with Crippen LogP contribution >= 0.6 is 23.4 Å². The lowest BCUT2D eigenvalue weighted by Crippen LogP contribution is -2.04. The van der Waals surface area contributed by atoms with Gasteiger partial charge in [-0.3, -0.25) is 0 Å². The SMILES string of the molecule is COC(=O)c1ccccc1CSc1ccc(N)c(Cl)c1. The van der Waals surface area contributed by atoms with Gasteiger partial charge in [-0.05, 0) is 29.8 Å². The van der Waals surface area contributed by atoms with Crippen molar-refractivity contribution in [3.63, 3.8) is 0 Å². The Bertz CT molecular complexity index is 631. The van der Waals surface area contributed by atoms with Crippen molar-refractivity contribution in [2.45, 2.75) is 10.6 Å². The topological polar surface area (TPSA) is 52.3 Å². The molecule has 0 saturated carbocycles. The largest absolute Gasteiger partial charge is 0.465 e. The van der Waals surface area contributed by atoms with Crippen molar-refractivity contribution in [1.82, 2.24) is 0 Å². The van der Waals surface area contributed by atoms with Gasteiger partial charge in [0.2, 0.25) is 0 Å². The van der Waals surface area contributed by atoms with E-state index >= 15 is 0 Å². The number of methoxy groups -OCH3 is 1. The van der Waals surface area contributed by atoms with E-state index in [1.54, 1.807) is 23.9 Å². The predicted molar refractivity (Wildman–Crippen MR) is 83.2 cm³/mol. The lowest BCUT2D eigenvalue weighted by Gasteiger charge is -2.08. The number of nitrogens with two attached hydrogens (primary N) is 1. The number of rotatable bonds is 4. The van der Waals surface area contributed by atoms with E-state index < -0.39 is 0 Å².